The van der Waals surface area contributed by atoms with Gasteiger partial charge in [-0.25, -0.2) is 4.57 Å². The van der Waals surface area contributed by atoms with E-state index >= 15 is 0 Å². The van der Waals surface area contributed by atoms with Crippen LogP contribution in [0.2, 0.25) is 0 Å². The summed E-state index contributed by atoms with van der Waals surface area (Å²) in [6, 6.07) is 4.41. The number of hydrogen-bond acceptors (Lipinski definition) is 7. The fourth-order valence-electron chi connectivity index (χ4n) is 5.92. The Labute approximate surface area is 276 Å². The molecule has 1 aromatic rings. The van der Waals surface area contributed by atoms with Crippen LogP contribution < -0.4 is 14.4 Å². The molecule has 1 N–H and O–H groups in total. The Morgan fingerprint density at radius 3 is 1.89 bits per heavy atom. The fourth-order valence-corrected chi connectivity index (χ4v) is 6.71. The van der Waals surface area contributed by atoms with Gasteiger partial charge in [-0.3, -0.25) is 0 Å². The van der Waals surface area contributed by atoms with E-state index in [4.69, 9.17) is 18.5 Å². The van der Waals surface area contributed by atoms with E-state index in [0.717, 1.165) is 38.9 Å². The van der Waals surface area contributed by atoms with E-state index in [0.29, 0.717) is 26.2 Å². The topological polar surface area (TPSA) is 87.3 Å². The largest absolute Gasteiger partial charge is 0.606 e. The van der Waals surface area contributed by atoms with E-state index in [9.17, 15) is 9.79 Å². The van der Waals surface area contributed by atoms with Crippen LogP contribution in [0.1, 0.15) is 142 Å². The van der Waals surface area contributed by atoms with Gasteiger partial charge < -0.3 is 19.3 Å². The quantitative estimate of drug-likeness (QED) is 0.0509. The van der Waals surface area contributed by atoms with Crippen LogP contribution in [0.4, 0.5) is 5.69 Å². The van der Waals surface area contributed by atoms with E-state index in [1.54, 1.807) is 0 Å². The van der Waals surface area contributed by atoms with E-state index in [1.165, 1.54) is 108 Å². The first-order chi connectivity index (χ1) is 22.0. The maximum absolute atomic E-state index is 12.4. The molecule has 45 heavy (non-hydrogen) atoms. The minimum absolute atomic E-state index is 0.0234. The average molecular weight is 656 g/mol. The molecule has 8 nitrogen and oxygen atoms in total. The Balaban J connectivity index is 1.42. The number of pyridine rings is 1. The molecule has 0 spiro atoms. The molecule has 0 aromatic carbocycles. The zero-order valence-corrected chi connectivity index (χ0v) is 29.9. The van der Waals surface area contributed by atoms with Crippen molar-refractivity contribution in [2.75, 3.05) is 51.0 Å². The van der Waals surface area contributed by atoms with Crippen molar-refractivity contribution in [3.63, 3.8) is 0 Å². The van der Waals surface area contributed by atoms with Crippen LogP contribution in [0.5, 0.6) is 0 Å². The zero-order valence-electron chi connectivity index (χ0n) is 29.0. The number of anilines is 1. The van der Waals surface area contributed by atoms with Gasteiger partial charge in [-0.2, -0.15) is 13.9 Å². The molecule has 0 saturated carbocycles. The molecule has 0 radical (unpaired) electrons. The lowest BCUT2D eigenvalue weighted by Gasteiger charge is -2.28. The zero-order chi connectivity index (χ0) is 32.3. The Morgan fingerprint density at radius 2 is 1.29 bits per heavy atom. The van der Waals surface area contributed by atoms with E-state index in [1.807, 2.05) is 6.92 Å². The van der Waals surface area contributed by atoms with Crippen LogP contribution in [0.3, 0.4) is 0 Å². The second-order valence-electron chi connectivity index (χ2n) is 12.7. The molecule has 2 heterocycles. The lowest BCUT2D eigenvalue weighted by atomic mass is 10.0. The number of aromatic nitrogens is 1. The molecule has 0 bridgehead atoms. The Morgan fingerprint density at radius 1 is 0.733 bits per heavy atom. The molecule has 9 heteroatoms. The third-order valence-corrected chi connectivity index (χ3v) is 9.67. The van der Waals surface area contributed by atoms with Gasteiger partial charge in [0.1, 0.15) is 19.3 Å². The lowest BCUT2D eigenvalue weighted by Crippen LogP contribution is -2.34. The number of hydrogen-bond donors (Lipinski definition) is 1. The number of unbranched alkanes of at least 4 members (excludes halogenated alkanes) is 15. The predicted molar refractivity (Wildman–Crippen MR) is 184 cm³/mol. The second-order valence-corrected chi connectivity index (χ2v) is 14.2. The maximum Gasteiger partial charge on any atom is 0.376 e. The summed E-state index contributed by atoms with van der Waals surface area (Å²) in [5.41, 5.74) is 1.31. The van der Waals surface area contributed by atoms with Gasteiger partial charge in [-0.05, 0) is 45.4 Å². The molecule has 1 fully saturated rings. The van der Waals surface area contributed by atoms with Gasteiger partial charge >= 0.3 is 8.17 Å². The van der Waals surface area contributed by atoms with E-state index in [-0.39, 0.29) is 19.3 Å². The van der Waals surface area contributed by atoms with Crippen molar-refractivity contribution >= 4 is 13.9 Å². The number of rotatable bonds is 30. The van der Waals surface area contributed by atoms with Gasteiger partial charge in [-0.1, -0.05) is 90.4 Å². The molecule has 0 aliphatic carbocycles. The van der Waals surface area contributed by atoms with Crippen LogP contribution in [0.25, 0.3) is 0 Å². The van der Waals surface area contributed by atoms with Gasteiger partial charge in [-0.15, -0.1) is 0 Å². The smallest absolute Gasteiger partial charge is 0.376 e. The molecule has 1 aliphatic rings. The molecule has 0 amide bonds. The second kappa shape index (κ2) is 27.1. The molecular weight excluding hydrogens is 587 g/mol. The highest BCUT2D eigenvalue weighted by atomic mass is 31.2. The first-order valence-electron chi connectivity index (χ1n) is 18.6. The van der Waals surface area contributed by atoms with Gasteiger partial charge in [0.2, 0.25) is 0 Å². The van der Waals surface area contributed by atoms with Crippen molar-refractivity contribution in [2.45, 2.75) is 155 Å². The fraction of sp³-hybridized carbons (Fsp3) is 0.861. The molecule has 262 valence electrons. The number of piperidine rings is 1. The van der Waals surface area contributed by atoms with E-state index in [2.05, 4.69) is 40.9 Å². The molecule has 2 rings (SSSR count). The summed E-state index contributed by atoms with van der Waals surface area (Å²) in [5.74, 6) is 0. The Kier molecular flexibility index (Phi) is 24.3. The third-order valence-electron chi connectivity index (χ3n) is 8.68. The van der Waals surface area contributed by atoms with Gasteiger partial charge in [0.15, 0.2) is 12.4 Å². The summed E-state index contributed by atoms with van der Waals surface area (Å²) >= 11 is 0. The normalized spacial score (nSPS) is 15.8. The van der Waals surface area contributed by atoms with Crippen molar-refractivity contribution in [1.82, 2.24) is 0 Å². The molecular formula is C36H68N2O6P+. The summed E-state index contributed by atoms with van der Waals surface area (Å²) < 4.78 is 24.1. The number of phosphoric acid groups is 1. The summed E-state index contributed by atoms with van der Waals surface area (Å²) in [6.45, 7) is 9.09. The average Bonchev–Trinajstić information content (AvgIpc) is 3.05. The first kappa shape index (κ1) is 40.3. The third kappa shape index (κ3) is 21.6. The van der Waals surface area contributed by atoms with Crippen LogP contribution in [0, 0.1) is 0 Å². The van der Waals surface area contributed by atoms with Gasteiger partial charge in [0.25, 0.3) is 0 Å². The van der Waals surface area contributed by atoms with Crippen LogP contribution >= 0.6 is 8.17 Å². The van der Waals surface area contributed by atoms with Gasteiger partial charge in [0, 0.05) is 50.5 Å². The van der Waals surface area contributed by atoms with Crippen molar-refractivity contribution in [1.29, 1.82) is 0 Å². The number of ether oxygens (including phenoxy) is 2. The van der Waals surface area contributed by atoms with Crippen molar-refractivity contribution in [3.8, 4) is 0 Å². The minimum Gasteiger partial charge on any atom is -0.606 e. The van der Waals surface area contributed by atoms with Gasteiger partial charge in [0.05, 0.1) is 13.2 Å². The van der Waals surface area contributed by atoms with Crippen LogP contribution in [-0.2, 0) is 25.1 Å². The minimum atomic E-state index is -4.12. The summed E-state index contributed by atoms with van der Waals surface area (Å²) in [5, 5.41) is 0. The molecule has 1 aromatic heterocycles. The summed E-state index contributed by atoms with van der Waals surface area (Å²) in [7, 11) is -4.12. The number of aryl methyl sites for hydroxylation is 1. The Hall–Kier alpha value is -0.860. The first-order valence-corrected chi connectivity index (χ1v) is 20.1. The molecule has 2 atom stereocenters. The SMILES string of the molecule is CCCCCCCCCCCCCCCCOC[C@H](CO[P+]([O-])(O)OCCCCC[n+]1ccc(N2CCCCC2)cc1)OCC. The highest BCUT2D eigenvalue weighted by molar-refractivity contribution is 7.52. The molecule has 1 unspecified atom stereocenters. The highest BCUT2D eigenvalue weighted by Gasteiger charge is 2.29. The Bertz CT molecular complexity index is 794. The summed E-state index contributed by atoms with van der Waals surface area (Å²) in [4.78, 5) is 25.0. The molecule has 1 saturated heterocycles. The van der Waals surface area contributed by atoms with Crippen molar-refractivity contribution < 1.29 is 32.9 Å². The van der Waals surface area contributed by atoms with Crippen LogP contribution in [0.15, 0.2) is 24.5 Å². The number of phosphoric ester groups is 1. The monoisotopic (exact) mass is 655 g/mol. The van der Waals surface area contributed by atoms with Crippen molar-refractivity contribution in [2.24, 2.45) is 0 Å². The predicted octanol–water partition coefficient (Wildman–Crippen LogP) is 8.10. The highest BCUT2D eigenvalue weighted by Crippen LogP contribution is 2.47. The molecule has 1 aliphatic heterocycles. The standard InChI is InChI=1S/C36H67N2O6P/c1-3-5-6-7-8-9-10-11-12-13-14-15-16-22-31-41-33-36(42-4-2)34-44-45(39,40)43-32-23-18-19-26-37-29-24-35(25-30-37)38-27-20-17-21-28-38/h24-25,29-30,36H,3-23,26-28,31-34H2,1-2H3/p+1/t36-/m1/s1. The van der Waals surface area contributed by atoms with Crippen molar-refractivity contribution in [3.05, 3.63) is 24.5 Å². The lowest BCUT2D eigenvalue weighted by molar-refractivity contribution is -0.697. The summed E-state index contributed by atoms with van der Waals surface area (Å²) in [6.07, 6.45) is 29.1. The maximum atomic E-state index is 12.4. The van der Waals surface area contributed by atoms with Crippen LogP contribution in [-0.4, -0.2) is 57.1 Å². The van der Waals surface area contributed by atoms with E-state index < -0.39 is 8.17 Å². The number of nitrogens with zero attached hydrogens (tertiary/aromatic N) is 2.